The van der Waals surface area contributed by atoms with E-state index in [9.17, 15) is 14.9 Å². The number of dihydropyridines is 1. The second-order valence-corrected chi connectivity index (χ2v) is 9.99. The van der Waals surface area contributed by atoms with Crippen molar-refractivity contribution in [3.8, 4) is 6.07 Å². The van der Waals surface area contributed by atoms with Crippen LogP contribution in [0, 0.1) is 24.1 Å². The van der Waals surface area contributed by atoms with Crippen LogP contribution in [0.2, 0.25) is 5.02 Å². The molecule has 0 unspecified atom stereocenters. The largest absolute Gasteiger partial charge is 0.353 e. The van der Waals surface area contributed by atoms with Gasteiger partial charge in [0.05, 0.1) is 28.3 Å². The molecule has 1 aliphatic heterocycles. The van der Waals surface area contributed by atoms with Gasteiger partial charge in [-0.15, -0.1) is 0 Å². The Kier molecular flexibility index (Phi) is 8.52. The van der Waals surface area contributed by atoms with Gasteiger partial charge >= 0.3 is 0 Å². The van der Waals surface area contributed by atoms with Crippen molar-refractivity contribution in [3.63, 3.8) is 0 Å². The van der Waals surface area contributed by atoms with E-state index >= 15 is 4.39 Å². The summed E-state index contributed by atoms with van der Waals surface area (Å²) in [4.78, 5) is 26.1. The Labute approximate surface area is 229 Å². The maximum absolute atomic E-state index is 15.0. The van der Waals surface area contributed by atoms with Gasteiger partial charge in [-0.3, -0.25) is 9.59 Å². The molecule has 1 aliphatic rings. The SMILES string of the molecule is CC1=C(C(=O)Nc2ccccc2)[C@@H](c2ccccc2F)C(C#N)=C(SCC(=O)Nc2ccc(C)c(Cl)c2)N1. The van der Waals surface area contributed by atoms with Gasteiger partial charge in [0.2, 0.25) is 5.91 Å². The summed E-state index contributed by atoms with van der Waals surface area (Å²) < 4.78 is 15.0. The summed E-state index contributed by atoms with van der Waals surface area (Å²) in [5.41, 5.74) is 3.04. The van der Waals surface area contributed by atoms with Gasteiger partial charge in [0.1, 0.15) is 5.82 Å². The molecule has 6 nitrogen and oxygen atoms in total. The highest BCUT2D eigenvalue weighted by molar-refractivity contribution is 8.03. The first kappa shape index (κ1) is 27.0. The molecule has 0 aromatic heterocycles. The Bertz CT molecular complexity index is 1500. The third-order valence-corrected chi connectivity index (χ3v) is 7.37. The molecule has 9 heteroatoms. The van der Waals surface area contributed by atoms with E-state index in [0.29, 0.717) is 27.1 Å². The van der Waals surface area contributed by atoms with Gasteiger partial charge in [-0.05, 0) is 49.7 Å². The summed E-state index contributed by atoms with van der Waals surface area (Å²) in [6.45, 7) is 3.56. The predicted molar refractivity (Wildman–Crippen MR) is 150 cm³/mol. The fourth-order valence-corrected chi connectivity index (χ4v) is 5.15. The number of carbonyl (C=O) groups excluding carboxylic acids is 2. The fourth-order valence-electron chi connectivity index (χ4n) is 4.07. The number of thioether (sulfide) groups is 1. The quantitative estimate of drug-likeness (QED) is 0.315. The number of nitriles is 1. The van der Waals surface area contributed by atoms with Gasteiger partial charge in [-0.2, -0.15) is 5.26 Å². The lowest BCUT2D eigenvalue weighted by Crippen LogP contribution is -2.31. The second kappa shape index (κ2) is 12.0. The van der Waals surface area contributed by atoms with Gasteiger partial charge in [0.25, 0.3) is 5.91 Å². The van der Waals surface area contributed by atoms with Crippen LogP contribution in [0.4, 0.5) is 15.8 Å². The molecule has 2 amide bonds. The number of anilines is 2. The van der Waals surface area contributed by atoms with E-state index in [0.717, 1.165) is 17.3 Å². The number of nitrogens with one attached hydrogen (secondary N) is 3. The monoisotopic (exact) mass is 546 g/mol. The van der Waals surface area contributed by atoms with Crippen LogP contribution in [0.5, 0.6) is 0 Å². The number of hydrogen-bond acceptors (Lipinski definition) is 5. The van der Waals surface area contributed by atoms with Gasteiger partial charge in [-0.1, -0.05) is 65.8 Å². The zero-order chi connectivity index (χ0) is 27.2. The number of hydrogen-bond donors (Lipinski definition) is 3. The summed E-state index contributed by atoms with van der Waals surface area (Å²) >= 11 is 7.25. The van der Waals surface area contributed by atoms with E-state index in [4.69, 9.17) is 11.6 Å². The van der Waals surface area contributed by atoms with Crippen molar-refractivity contribution in [1.29, 1.82) is 5.26 Å². The molecule has 3 aromatic carbocycles. The molecule has 1 heterocycles. The molecule has 0 aliphatic carbocycles. The number of benzene rings is 3. The lowest BCUT2D eigenvalue weighted by atomic mass is 9.82. The lowest BCUT2D eigenvalue weighted by Gasteiger charge is -2.30. The minimum absolute atomic E-state index is 0.0260. The number of carbonyl (C=O) groups is 2. The minimum Gasteiger partial charge on any atom is -0.353 e. The highest BCUT2D eigenvalue weighted by atomic mass is 35.5. The van der Waals surface area contributed by atoms with E-state index in [-0.39, 0.29) is 28.4 Å². The molecule has 38 heavy (non-hydrogen) atoms. The molecular formula is C29H24ClFN4O2S. The Morgan fingerprint density at radius 1 is 1.03 bits per heavy atom. The highest BCUT2D eigenvalue weighted by Crippen LogP contribution is 2.41. The van der Waals surface area contributed by atoms with Crippen molar-refractivity contribution in [2.24, 2.45) is 0 Å². The molecule has 192 valence electrons. The maximum Gasteiger partial charge on any atom is 0.254 e. The Morgan fingerprint density at radius 3 is 2.42 bits per heavy atom. The average molecular weight is 547 g/mol. The number of allylic oxidation sites excluding steroid dienone is 2. The molecule has 0 bridgehead atoms. The van der Waals surface area contributed by atoms with Crippen molar-refractivity contribution in [3.05, 3.63) is 117 Å². The number of halogens is 2. The van der Waals surface area contributed by atoms with Crippen molar-refractivity contribution in [2.75, 3.05) is 16.4 Å². The molecule has 0 saturated carbocycles. The minimum atomic E-state index is -0.965. The van der Waals surface area contributed by atoms with Crippen LogP contribution in [0.15, 0.2) is 94.7 Å². The van der Waals surface area contributed by atoms with Gasteiger partial charge in [0, 0.05) is 33.2 Å². The van der Waals surface area contributed by atoms with E-state index in [1.807, 2.05) is 13.0 Å². The number of para-hydroxylation sites is 1. The average Bonchev–Trinajstić information content (AvgIpc) is 2.90. The maximum atomic E-state index is 15.0. The van der Waals surface area contributed by atoms with Gasteiger partial charge < -0.3 is 16.0 Å². The molecule has 3 N–H and O–H groups in total. The van der Waals surface area contributed by atoms with Crippen molar-refractivity contribution in [1.82, 2.24) is 5.32 Å². The predicted octanol–water partition coefficient (Wildman–Crippen LogP) is 6.49. The Balaban J connectivity index is 1.63. The Hall–Kier alpha value is -4.06. The van der Waals surface area contributed by atoms with E-state index in [1.54, 1.807) is 67.6 Å². The van der Waals surface area contributed by atoms with Crippen LogP contribution in [0.3, 0.4) is 0 Å². The zero-order valence-corrected chi connectivity index (χ0v) is 22.2. The zero-order valence-electron chi connectivity index (χ0n) is 20.6. The molecule has 0 saturated heterocycles. The highest BCUT2D eigenvalue weighted by Gasteiger charge is 2.36. The van der Waals surface area contributed by atoms with Crippen molar-refractivity contribution >= 4 is 46.6 Å². The molecule has 1 atom stereocenters. The number of amides is 2. The fraction of sp³-hybridized carbons (Fsp3) is 0.138. The summed E-state index contributed by atoms with van der Waals surface area (Å²) in [6.07, 6.45) is 0. The van der Waals surface area contributed by atoms with E-state index in [1.165, 1.54) is 6.07 Å². The first-order valence-electron chi connectivity index (χ1n) is 11.7. The van der Waals surface area contributed by atoms with Crippen LogP contribution in [-0.4, -0.2) is 17.6 Å². The first-order chi connectivity index (χ1) is 18.3. The molecule has 0 fully saturated rings. The van der Waals surface area contributed by atoms with Gasteiger partial charge in [0.15, 0.2) is 0 Å². The van der Waals surface area contributed by atoms with Crippen LogP contribution >= 0.6 is 23.4 Å². The summed E-state index contributed by atoms with van der Waals surface area (Å²) in [6, 6.07) is 22.3. The number of nitrogens with zero attached hydrogens (tertiary/aromatic N) is 1. The third kappa shape index (κ3) is 6.08. The van der Waals surface area contributed by atoms with Crippen molar-refractivity contribution in [2.45, 2.75) is 19.8 Å². The molecule has 4 rings (SSSR count). The van der Waals surface area contributed by atoms with Crippen LogP contribution in [0.25, 0.3) is 0 Å². The molecule has 3 aromatic rings. The number of aryl methyl sites for hydroxylation is 1. The smallest absolute Gasteiger partial charge is 0.254 e. The third-order valence-electron chi connectivity index (χ3n) is 5.94. The van der Waals surface area contributed by atoms with E-state index < -0.39 is 17.6 Å². The standard InChI is InChI=1S/C29H24ClFN4O2S/c1-17-12-13-20(14-23(17)30)34-25(36)16-38-29-22(15-32)27(21-10-6-7-11-24(21)31)26(18(2)33-29)28(37)35-19-8-4-3-5-9-19/h3-14,27,33H,16H2,1-2H3,(H,34,36)(H,35,37)/t27-/m0/s1. The summed E-state index contributed by atoms with van der Waals surface area (Å²) in [7, 11) is 0. The topological polar surface area (TPSA) is 94.0 Å². The molecular weight excluding hydrogens is 523 g/mol. The first-order valence-corrected chi connectivity index (χ1v) is 13.1. The number of rotatable bonds is 7. The van der Waals surface area contributed by atoms with E-state index in [2.05, 4.69) is 22.0 Å². The van der Waals surface area contributed by atoms with Crippen molar-refractivity contribution < 1.29 is 14.0 Å². The molecule has 0 spiro atoms. The van der Waals surface area contributed by atoms with Crippen LogP contribution in [0.1, 0.15) is 24.0 Å². The summed E-state index contributed by atoms with van der Waals surface area (Å²) in [5, 5.41) is 19.8. The van der Waals surface area contributed by atoms with Crippen LogP contribution < -0.4 is 16.0 Å². The second-order valence-electron chi connectivity index (χ2n) is 8.59. The normalized spacial score (nSPS) is 15.0. The summed E-state index contributed by atoms with van der Waals surface area (Å²) in [5.74, 6) is -2.30. The lowest BCUT2D eigenvalue weighted by molar-refractivity contribution is -0.114. The van der Waals surface area contributed by atoms with Crippen LogP contribution in [-0.2, 0) is 9.59 Å². The van der Waals surface area contributed by atoms with Gasteiger partial charge in [-0.25, -0.2) is 4.39 Å². The molecule has 0 radical (unpaired) electrons. The Morgan fingerprint density at radius 2 is 1.74 bits per heavy atom.